The third kappa shape index (κ3) is 4.35. The molecule has 1 aromatic rings. The SMILES string of the molecule is CC(C)CSCCSc1nnc(CO)n1C. The second-order valence-corrected chi connectivity index (χ2v) is 6.15. The number of rotatable bonds is 7. The first-order valence-corrected chi connectivity index (χ1v) is 7.48. The molecule has 1 heterocycles. The number of nitrogens with zero attached hydrogens (tertiary/aromatic N) is 3. The lowest BCUT2D eigenvalue weighted by atomic mass is 10.3. The Bertz CT molecular complexity index is 315. The van der Waals surface area contributed by atoms with Gasteiger partial charge in [-0.1, -0.05) is 25.6 Å². The van der Waals surface area contributed by atoms with E-state index in [1.807, 2.05) is 23.4 Å². The molecule has 1 N–H and O–H groups in total. The minimum Gasteiger partial charge on any atom is -0.388 e. The maximum absolute atomic E-state index is 8.97. The molecular formula is C10H19N3OS2. The fourth-order valence-corrected chi connectivity index (χ4v) is 3.14. The molecule has 0 saturated heterocycles. The van der Waals surface area contributed by atoms with Crippen LogP contribution in [-0.4, -0.2) is 37.1 Å². The molecule has 0 spiro atoms. The predicted octanol–water partition coefficient (Wildman–Crippen LogP) is 1.79. The summed E-state index contributed by atoms with van der Waals surface area (Å²) in [5, 5.41) is 17.8. The molecule has 0 atom stereocenters. The van der Waals surface area contributed by atoms with Gasteiger partial charge in [0.15, 0.2) is 11.0 Å². The third-order valence-corrected chi connectivity index (χ3v) is 4.65. The molecule has 0 saturated carbocycles. The van der Waals surface area contributed by atoms with E-state index in [-0.39, 0.29) is 6.61 Å². The number of aromatic nitrogens is 3. The maximum Gasteiger partial charge on any atom is 0.191 e. The van der Waals surface area contributed by atoms with Gasteiger partial charge in [0.2, 0.25) is 0 Å². The van der Waals surface area contributed by atoms with Crippen LogP contribution in [0.4, 0.5) is 0 Å². The Balaban J connectivity index is 2.24. The van der Waals surface area contributed by atoms with E-state index >= 15 is 0 Å². The van der Waals surface area contributed by atoms with Gasteiger partial charge in [0, 0.05) is 18.6 Å². The average Bonchev–Trinajstić information content (AvgIpc) is 2.59. The molecule has 0 fully saturated rings. The van der Waals surface area contributed by atoms with Crippen LogP contribution in [0, 0.1) is 5.92 Å². The van der Waals surface area contributed by atoms with Crippen LogP contribution in [0.15, 0.2) is 5.16 Å². The van der Waals surface area contributed by atoms with E-state index in [1.165, 1.54) is 5.75 Å². The van der Waals surface area contributed by atoms with E-state index in [0.29, 0.717) is 5.82 Å². The van der Waals surface area contributed by atoms with Gasteiger partial charge < -0.3 is 9.67 Å². The Morgan fingerprint density at radius 3 is 2.62 bits per heavy atom. The molecule has 1 rings (SSSR count). The van der Waals surface area contributed by atoms with E-state index in [9.17, 15) is 0 Å². The zero-order valence-electron chi connectivity index (χ0n) is 10.0. The molecule has 0 aliphatic rings. The molecule has 6 heteroatoms. The summed E-state index contributed by atoms with van der Waals surface area (Å²) in [4.78, 5) is 0. The van der Waals surface area contributed by atoms with Crippen molar-refractivity contribution in [3.63, 3.8) is 0 Å². The van der Waals surface area contributed by atoms with Crippen molar-refractivity contribution in [1.29, 1.82) is 0 Å². The second-order valence-electron chi connectivity index (χ2n) is 3.93. The van der Waals surface area contributed by atoms with E-state index in [2.05, 4.69) is 24.0 Å². The largest absolute Gasteiger partial charge is 0.388 e. The van der Waals surface area contributed by atoms with Crippen molar-refractivity contribution in [1.82, 2.24) is 14.8 Å². The van der Waals surface area contributed by atoms with Crippen molar-refractivity contribution in [2.24, 2.45) is 13.0 Å². The van der Waals surface area contributed by atoms with Crippen molar-refractivity contribution < 1.29 is 5.11 Å². The number of hydrogen-bond donors (Lipinski definition) is 1. The van der Waals surface area contributed by atoms with Crippen molar-refractivity contribution >= 4 is 23.5 Å². The Morgan fingerprint density at radius 2 is 2.06 bits per heavy atom. The topological polar surface area (TPSA) is 50.9 Å². The monoisotopic (exact) mass is 261 g/mol. The number of thioether (sulfide) groups is 2. The summed E-state index contributed by atoms with van der Waals surface area (Å²) >= 11 is 3.66. The van der Waals surface area contributed by atoms with Crippen LogP contribution >= 0.6 is 23.5 Å². The summed E-state index contributed by atoms with van der Waals surface area (Å²) in [6, 6.07) is 0. The average molecular weight is 261 g/mol. The van der Waals surface area contributed by atoms with E-state index in [1.54, 1.807) is 11.8 Å². The van der Waals surface area contributed by atoms with Gasteiger partial charge in [-0.15, -0.1) is 10.2 Å². The maximum atomic E-state index is 8.97. The van der Waals surface area contributed by atoms with Crippen LogP contribution < -0.4 is 0 Å². The van der Waals surface area contributed by atoms with Gasteiger partial charge in [0.1, 0.15) is 6.61 Å². The highest BCUT2D eigenvalue weighted by Crippen LogP contribution is 2.18. The molecule has 1 aromatic heterocycles. The summed E-state index contributed by atoms with van der Waals surface area (Å²) in [7, 11) is 1.88. The first kappa shape index (κ1) is 13.9. The molecule has 0 aliphatic heterocycles. The molecular weight excluding hydrogens is 242 g/mol. The molecule has 0 radical (unpaired) electrons. The molecule has 0 amide bonds. The standard InChI is InChI=1S/C10H19N3OS2/c1-8(2)7-15-4-5-16-10-12-11-9(6-14)13(10)3/h8,14H,4-7H2,1-3H3. The van der Waals surface area contributed by atoms with Crippen LogP contribution in [0.25, 0.3) is 0 Å². The Morgan fingerprint density at radius 1 is 1.31 bits per heavy atom. The first-order chi connectivity index (χ1) is 7.65. The molecule has 0 aliphatic carbocycles. The van der Waals surface area contributed by atoms with Gasteiger partial charge in [-0.05, 0) is 11.7 Å². The lowest BCUT2D eigenvalue weighted by Gasteiger charge is -2.04. The third-order valence-electron chi connectivity index (χ3n) is 1.98. The van der Waals surface area contributed by atoms with Crippen LogP contribution in [0.3, 0.4) is 0 Å². The van der Waals surface area contributed by atoms with Gasteiger partial charge in [-0.3, -0.25) is 0 Å². The Hall–Kier alpha value is -0.200. The highest BCUT2D eigenvalue weighted by Gasteiger charge is 2.07. The molecule has 16 heavy (non-hydrogen) atoms. The van der Waals surface area contributed by atoms with Crippen molar-refractivity contribution in [2.45, 2.75) is 25.6 Å². The lowest BCUT2D eigenvalue weighted by molar-refractivity contribution is 0.266. The van der Waals surface area contributed by atoms with Crippen molar-refractivity contribution in [3.05, 3.63) is 5.82 Å². The molecule has 92 valence electrons. The Labute approximate surface area is 105 Å². The fraction of sp³-hybridized carbons (Fsp3) is 0.800. The minimum atomic E-state index is -0.0494. The molecule has 0 aromatic carbocycles. The fourth-order valence-electron chi connectivity index (χ4n) is 1.12. The highest BCUT2D eigenvalue weighted by atomic mass is 32.2. The quantitative estimate of drug-likeness (QED) is 0.599. The zero-order chi connectivity index (χ0) is 12.0. The zero-order valence-corrected chi connectivity index (χ0v) is 11.6. The van der Waals surface area contributed by atoms with Crippen LogP contribution in [-0.2, 0) is 13.7 Å². The first-order valence-electron chi connectivity index (χ1n) is 5.34. The van der Waals surface area contributed by atoms with Crippen molar-refractivity contribution in [2.75, 3.05) is 17.3 Å². The lowest BCUT2D eigenvalue weighted by Crippen LogP contribution is -1.99. The van der Waals surface area contributed by atoms with E-state index in [4.69, 9.17) is 5.11 Å². The van der Waals surface area contributed by atoms with Gasteiger partial charge in [-0.2, -0.15) is 11.8 Å². The molecule has 4 nitrogen and oxygen atoms in total. The number of aliphatic hydroxyl groups excluding tert-OH is 1. The smallest absolute Gasteiger partial charge is 0.191 e. The van der Waals surface area contributed by atoms with E-state index < -0.39 is 0 Å². The molecule has 0 unspecified atom stereocenters. The second kappa shape index (κ2) is 7.19. The number of aliphatic hydroxyl groups is 1. The van der Waals surface area contributed by atoms with Gasteiger partial charge in [0.05, 0.1) is 0 Å². The predicted molar refractivity (Wildman–Crippen MR) is 69.8 cm³/mol. The highest BCUT2D eigenvalue weighted by molar-refractivity contribution is 8.02. The summed E-state index contributed by atoms with van der Waals surface area (Å²) in [6.07, 6.45) is 0. The van der Waals surface area contributed by atoms with Gasteiger partial charge >= 0.3 is 0 Å². The minimum absolute atomic E-state index is 0.0494. The summed E-state index contributed by atoms with van der Waals surface area (Å²) < 4.78 is 1.85. The van der Waals surface area contributed by atoms with Crippen LogP contribution in [0.2, 0.25) is 0 Å². The summed E-state index contributed by atoms with van der Waals surface area (Å²) in [5.41, 5.74) is 0. The van der Waals surface area contributed by atoms with Gasteiger partial charge in [-0.25, -0.2) is 0 Å². The van der Waals surface area contributed by atoms with Crippen LogP contribution in [0.1, 0.15) is 19.7 Å². The van der Waals surface area contributed by atoms with Crippen molar-refractivity contribution in [3.8, 4) is 0 Å². The van der Waals surface area contributed by atoms with E-state index in [0.717, 1.165) is 22.6 Å². The van der Waals surface area contributed by atoms with Crippen LogP contribution in [0.5, 0.6) is 0 Å². The van der Waals surface area contributed by atoms with Gasteiger partial charge in [0.25, 0.3) is 0 Å². The molecule has 0 bridgehead atoms. The number of hydrogen-bond acceptors (Lipinski definition) is 5. The Kier molecular flexibility index (Phi) is 6.23. The summed E-state index contributed by atoms with van der Waals surface area (Å²) in [5.74, 6) is 4.75. The normalized spacial score (nSPS) is 11.3. The summed E-state index contributed by atoms with van der Waals surface area (Å²) in [6.45, 7) is 4.42.